The Balaban J connectivity index is 1.80. The lowest BCUT2D eigenvalue weighted by atomic mass is 9.88. The van der Waals surface area contributed by atoms with Crippen LogP contribution in [-0.2, 0) is 16.9 Å². The van der Waals surface area contributed by atoms with Gasteiger partial charge in [-0.2, -0.15) is 5.10 Å². The molecule has 1 N–H and O–H groups in total. The van der Waals surface area contributed by atoms with Gasteiger partial charge in [0.25, 0.3) is 0 Å². The van der Waals surface area contributed by atoms with Gasteiger partial charge in [-0.3, -0.25) is 0 Å². The van der Waals surface area contributed by atoms with Crippen molar-refractivity contribution in [1.82, 2.24) is 14.8 Å². The highest BCUT2D eigenvalue weighted by Gasteiger charge is 2.40. The van der Waals surface area contributed by atoms with Gasteiger partial charge in [-0.05, 0) is 31.2 Å². The van der Waals surface area contributed by atoms with E-state index in [1.165, 1.54) is 23.4 Å². The van der Waals surface area contributed by atoms with E-state index in [4.69, 9.17) is 16.3 Å². The maximum absolute atomic E-state index is 14.4. The van der Waals surface area contributed by atoms with Crippen molar-refractivity contribution in [2.24, 2.45) is 0 Å². The number of nitrogens with zero attached hydrogens (tertiary/aromatic N) is 3. The quantitative estimate of drug-likeness (QED) is 0.623. The fraction of sp³-hybridized carbons (Fsp3) is 0.238. The third-order valence-corrected chi connectivity index (χ3v) is 4.64. The van der Waals surface area contributed by atoms with E-state index in [1.54, 1.807) is 31.2 Å². The summed E-state index contributed by atoms with van der Waals surface area (Å²) in [5, 5.41) is 15.8. The molecule has 0 spiro atoms. The van der Waals surface area contributed by atoms with E-state index in [2.05, 4.69) is 21.9 Å². The van der Waals surface area contributed by atoms with Gasteiger partial charge in [-0.1, -0.05) is 35.6 Å². The molecule has 29 heavy (non-hydrogen) atoms. The Morgan fingerprint density at radius 1 is 1.28 bits per heavy atom. The molecule has 0 unspecified atom stereocenters. The van der Waals surface area contributed by atoms with E-state index in [1.807, 2.05) is 0 Å². The van der Waals surface area contributed by atoms with Gasteiger partial charge in [0, 0.05) is 22.2 Å². The van der Waals surface area contributed by atoms with Gasteiger partial charge in [0.2, 0.25) is 0 Å². The number of aliphatic hydroxyl groups is 1. The summed E-state index contributed by atoms with van der Waals surface area (Å²) >= 11 is 5.92. The van der Waals surface area contributed by atoms with Crippen LogP contribution in [0.25, 0.3) is 0 Å². The van der Waals surface area contributed by atoms with Crippen molar-refractivity contribution in [3.05, 3.63) is 82.9 Å². The highest BCUT2D eigenvalue weighted by molar-refractivity contribution is 6.30. The zero-order valence-corrected chi connectivity index (χ0v) is 16.3. The summed E-state index contributed by atoms with van der Waals surface area (Å²) in [6, 6.07) is 10.0. The molecule has 0 aliphatic heterocycles. The van der Waals surface area contributed by atoms with Gasteiger partial charge in [-0.25, -0.2) is 18.4 Å². The van der Waals surface area contributed by atoms with Crippen LogP contribution in [0, 0.1) is 23.5 Å². The van der Waals surface area contributed by atoms with Crippen molar-refractivity contribution in [1.29, 1.82) is 0 Å². The maximum atomic E-state index is 14.4. The molecular formula is C21H18ClF2N3O2. The average Bonchev–Trinajstić information content (AvgIpc) is 3.17. The number of hydrogen-bond acceptors (Lipinski definition) is 4. The van der Waals surface area contributed by atoms with Crippen LogP contribution >= 0.6 is 11.6 Å². The Bertz CT molecular complexity index is 1030. The van der Waals surface area contributed by atoms with Crippen molar-refractivity contribution in [3.8, 4) is 11.8 Å². The van der Waals surface area contributed by atoms with Crippen molar-refractivity contribution in [3.63, 3.8) is 0 Å². The fourth-order valence-corrected chi connectivity index (χ4v) is 3.03. The lowest BCUT2D eigenvalue weighted by Crippen LogP contribution is -2.44. The standard InChI is InChI=1S/C21H18ClF2N3O2/c1-15(29-9-3-5-16-4-2-6-17(22)10-16)21(28,12-27-14-25-13-26-27)19-8-7-18(23)11-20(19)24/h2,4,6-8,10-11,13-15,28H,9,12H2,1H3/t15-,21-/m1/s1. The minimum Gasteiger partial charge on any atom is -0.380 e. The summed E-state index contributed by atoms with van der Waals surface area (Å²) < 4.78 is 34.8. The van der Waals surface area contributed by atoms with Gasteiger partial charge < -0.3 is 9.84 Å². The Morgan fingerprint density at radius 2 is 2.10 bits per heavy atom. The van der Waals surface area contributed by atoms with E-state index < -0.39 is 23.3 Å². The van der Waals surface area contributed by atoms with E-state index in [0.29, 0.717) is 11.1 Å². The highest BCUT2D eigenvalue weighted by atomic mass is 35.5. The molecule has 0 radical (unpaired) electrons. The average molecular weight is 418 g/mol. The third-order valence-electron chi connectivity index (χ3n) is 4.40. The van der Waals surface area contributed by atoms with Crippen molar-refractivity contribution in [2.45, 2.75) is 25.2 Å². The number of hydrogen-bond donors (Lipinski definition) is 1. The highest BCUT2D eigenvalue weighted by Crippen LogP contribution is 2.31. The molecule has 0 aliphatic carbocycles. The van der Waals surface area contributed by atoms with Crippen molar-refractivity contribution in [2.75, 3.05) is 6.61 Å². The number of ether oxygens (including phenoxy) is 1. The number of halogens is 3. The Hall–Kier alpha value is -2.79. The molecule has 0 bridgehead atoms. The lowest BCUT2D eigenvalue weighted by molar-refractivity contribution is -0.111. The minimum absolute atomic E-state index is 0.0177. The van der Waals surface area contributed by atoms with Gasteiger partial charge in [0.15, 0.2) is 0 Å². The summed E-state index contributed by atoms with van der Waals surface area (Å²) in [5.74, 6) is 4.12. The molecule has 8 heteroatoms. The first-order valence-electron chi connectivity index (χ1n) is 8.75. The van der Waals surface area contributed by atoms with E-state index in [-0.39, 0.29) is 18.7 Å². The smallest absolute Gasteiger partial charge is 0.138 e. The number of aromatic nitrogens is 3. The predicted octanol–water partition coefficient (Wildman–Crippen LogP) is 3.55. The van der Waals surface area contributed by atoms with Crippen LogP contribution in [0.5, 0.6) is 0 Å². The second kappa shape index (κ2) is 9.14. The van der Waals surface area contributed by atoms with Crippen LogP contribution in [0.4, 0.5) is 8.78 Å². The molecule has 3 rings (SSSR count). The molecule has 1 heterocycles. The molecule has 5 nitrogen and oxygen atoms in total. The van der Waals surface area contributed by atoms with Crippen LogP contribution < -0.4 is 0 Å². The van der Waals surface area contributed by atoms with Crippen LogP contribution in [0.1, 0.15) is 18.1 Å². The molecule has 2 atom stereocenters. The van der Waals surface area contributed by atoms with Crippen LogP contribution in [0.3, 0.4) is 0 Å². The third kappa shape index (κ3) is 5.18. The normalized spacial score (nSPS) is 14.0. The van der Waals surface area contributed by atoms with E-state index in [0.717, 1.165) is 11.6 Å². The lowest BCUT2D eigenvalue weighted by Gasteiger charge is -2.34. The Kier molecular flexibility index (Phi) is 6.60. The van der Waals surface area contributed by atoms with Crippen molar-refractivity contribution >= 4 is 11.6 Å². The molecule has 150 valence electrons. The van der Waals surface area contributed by atoms with Gasteiger partial charge in [0.1, 0.15) is 36.5 Å². The van der Waals surface area contributed by atoms with Crippen molar-refractivity contribution < 1.29 is 18.6 Å². The minimum atomic E-state index is -1.83. The van der Waals surface area contributed by atoms with Crippen LogP contribution in [-0.4, -0.2) is 32.6 Å². The topological polar surface area (TPSA) is 60.2 Å². The van der Waals surface area contributed by atoms with Crippen LogP contribution in [0.15, 0.2) is 55.1 Å². The molecule has 0 saturated heterocycles. The second-order valence-corrected chi connectivity index (χ2v) is 6.84. The second-order valence-electron chi connectivity index (χ2n) is 6.41. The summed E-state index contributed by atoms with van der Waals surface area (Å²) in [4.78, 5) is 3.83. The number of rotatable bonds is 6. The van der Waals surface area contributed by atoms with Crippen LogP contribution in [0.2, 0.25) is 5.02 Å². The zero-order chi connectivity index (χ0) is 20.9. The largest absolute Gasteiger partial charge is 0.380 e. The van der Waals surface area contributed by atoms with E-state index in [9.17, 15) is 13.9 Å². The monoisotopic (exact) mass is 417 g/mol. The molecule has 3 aromatic rings. The first-order valence-corrected chi connectivity index (χ1v) is 9.12. The molecular weight excluding hydrogens is 400 g/mol. The Morgan fingerprint density at radius 3 is 2.79 bits per heavy atom. The molecule has 0 amide bonds. The fourth-order valence-electron chi connectivity index (χ4n) is 2.84. The number of benzene rings is 2. The zero-order valence-electron chi connectivity index (χ0n) is 15.5. The summed E-state index contributed by atoms with van der Waals surface area (Å²) in [6.07, 6.45) is 1.79. The molecule has 1 aromatic heterocycles. The molecule has 0 fully saturated rings. The first kappa shape index (κ1) is 20.9. The van der Waals surface area contributed by atoms with Gasteiger partial charge in [-0.15, -0.1) is 0 Å². The first-order chi connectivity index (χ1) is 13.9. The Labute approximate surface area is 171 Å². The summed E-state index contributed by atoms with van der Waals surface area (Å²) in [5.41, 5.74) is -1.22. The molecule has 2 aromatic carbocycles. The van der Waals surface area contributed by atoms with Gasteiger partial charge in [0.05, 0.1) is 12.6 Å². The van der Waals surface area contributed by atoms with Gasteiger partial charge >= 0.3 is 0 Å². The molecule has 0 aliphatic rings. The SMILES string of the molecule is C[C@@H](OCC#Cc1cccc(Cl)c1)[C@](O)(Cn1cncn1)c1ccc(F)cc1F. The maximum Gasteiger partial charge on any atom is 0.138 e. The molecule has 0 saturated carbocycles. The summed E-state index contributed by atoms with van der Waals surface area (Å²) in [6.45, 7) is 1.43. The van der Waals surface area contributed by atoms with E-state index >= 15 is 0 Å². The predicted molar refractivity (Wildman–Crippen MR) is 104 cm³/mol. The summed E-state index contributed by atoms with van der Waals surface area (Å²) in [7, 11) is 0.